The van der Waals surface area contributed by atoms with Crippen molar-refractivity contribution in [3.63, 3.8) is 0 Å². The molecule has 0 rings (SSSR count). The number of nitrogens with one attached hydrogen (secondary N) is 1. The molecule has 0 spiro atoms. The molecule has 1 amide bonds. The van der Waals surface area contributed by atoms with Gasteiger partial charge in [-0.1, -0.05) is 360 Å². The number of aliphatic hydroxyl groups excluding tert-OH is 1. The topological polar surface area (TPSA) is 105 Å². The number of phosphoric acid groups is 1. The Labute approximate surface area is 488 Å². The fourth-order valence-corrected chi connectivity index (χ4v) is 11.8. The van der Waals surface area contributed by atoms with Crippen LogP contribution in [0.15, 0.2) is 12.2 Å². The molecule has 8 nitrogen and oxygen atoms in total. The lowest BCUT2D eigenvalue weighted by Crippen LogP contribution is -2.45. The lowest BCUT2D eigenvalue weighted by Gasteiger charge is -2.25. The number of rotatable bonds is 66. The molecule has 0 radical (unpaired) electrons. The number of aliphatic hydroxyl groups is 1. The monoisotopic (exact) mass is 1120 g/mol. The number of carbonyl (C=O) groups is 1. The molecule has 0 aromatic rings. The predicted molar refractivity (Wildman–Crippen MR) is 342 cm³/mol. The van der Waals surface area contributed by atoms with Gasteiger partial charge in [0.1, 0.15) is 13.2 Å². The van der Waals surface area contributed by atoms with Crippen LogP contribution in [0.2, 0.25) is 0 Å². The Morgan fingerprint density at radius 3 is 0.949 bits per heavy atom. The van der Waals surface area contributed by atoms with Crippen molar-refractivity contribution in [2.24, 2.45) is 0 Å². The second-order valence-corrected chi connectivity index (χ2v) is 27.1. The van der Waals surface area contributed by atoms with E-state index in [9.17, 15) is 19.4 Å². The maximum Gasteiger partial charge on any atom is 0.472 e. The SMILES string of the molecule is CCCCCCCCCCCCCCCCCCCCCCCC/C=C/C(O)C(COP(=O)(O)OCC[N+](C)(C)C)NC(=O)CCCCCCCCCCCCCCCCCCCCCCCCCCCCCCCCCC. The van der Waals surface area contributed by atoms with Gasteiger partial charge in [-0.05, 0) is 19.3 Å². The Morgan fingerprint density at radius 1 is 0.423 bits per heavy atom. The molecule has 0 saturated heterocycles. The smallest absolute Gasteiger partial charge is 0.387 e. The molecule has 0 aromatic heterocycles. The van der Waals surface area contributed by atoms with E-state index in [-0.39, 0.29) is 19.1 Å². The third kappa shape index (κ3) is 62.8. The first-order chi connectivity index (χ1) is 38.0. The molecule has 0 bridgehead atoms. The zero-order valence-corrected chi connectivity index (χ0v) is 54.3. The van der Waals surface area contributed by atoms with Gasteiger partial charge in [0.2, 0.25) is 5.91 Å². The van der Waals surface area contributed by atoms with Crippen LogP contribution >= 0.6 is 7.82 Å². The number of amides is 1. The summed E-state index contributed by atoms with van der Waals surface area (Å²) in [6.45, 7) is 4.89. The van der Waals surface area contributed by atoms with E-state index in [0.717, 1.165) is 32.1 Å². The van der Waals surface area contributed by atoms with Gasteiger partial charge in [-0.25, -0.2) is 4.57 Å². The summed E-state index contributed by atoms with van der Waals surface area (Å²) in [5, 5.41) is 14.0. The number of hydrogen-bond donors (Lipinski definition) is 3. The van der Waals surface area contributed by atoms with E-state index >= 15 is 0 Å². The average Bonchev–Trinajstić information content (AvgIpc) is 3.41. The maximum absolute atomic E-state index is 13.0. The Morgan fingerprint density at radius 2 is 0.679 bits per heavy atom. The number of carbonyl (C=O) groups excluding carboxylic acids is 1. The van der Waals surface area contributed by atoms with Crippen LogP contribution in [0.25, 0.3) is 0 Å². The lowest BCUT2D eigenvalue weighted by molar-refractivity contribution is -0.870. The van der Waals surface area contributed by atoms with Gasteiger partial charge in [0, 0.05) is 6.42 Å². The van der Waals surface area contributed by atoms with E-state index in [1.54, 1.807) is 6.08 Å². The summed E-state index contributed by atoms with van der Waals surface area (Å²) in [6.07, 6.45) is 77.9. The van der Waals surface area contributed by atoms with Crippen LogP contribution < -0.4 is 5.32 Å². The lowest BCUT2D eigenvalue weighted by atomic mass is 10.0. The number of quaternary nitrogens is 1. The summed E-state index contributed by atoms with van der Waals surface area (Å²) in [6, 6.07) is -0.843. The van der Waals surface area contributed by atoms with E-state index in [4.69, 9.17) is 9.05 Å². The highest BCUT2D eigenvalue weighted by atomic mass is 31.2. The van der Waals surface area contributed by atoms with Gasteiger partial charge in [-0.15, -0.1) is 0 Å². The Bertz CT molecular complexity index is 1280. The Hall–Kier alpha value is -0.760. The van der Waals surface area contributed by atoms with Gasteiger partial charge < -0.3 is 19.8 Å². The zero-order valence-electron chi connectivity index (χ0n) is 53.5. The first-order valence-electron chi connectivity index (χ1n) is 35.1. The van der Waals surface area contributed by atoms with Crippen molar-refractivity contribution in [2.45, 2.75) is 386 Å². The van der Waals surface area contributed by atoms with Crippen LogP contribution in [0.4, 0.5) is 0 Å². The van der Waals surface area contributed by atoms with E-state index in [1.165, 1.54) is 321 Å². The summed E-state index contributed by atoms with van der Waals surface area (Å²) < 4.78 is 23.8. The number of unbranched alkanes of at least 4 members (excludes halogenated alkanes) is 53. The number of nitrogens with zero attached hydrogens (tertiary/aromatic N) is 1. The van der Waals surface area contributed by atoms with Crippen LogP contribution in [0.3, 0.4) is 0 Å². The van der Waals surface area contributed by atoms with Gasteiger partial charge in [0.15, 0.2) is 0 Å². The van der Waals surface area contributed by atoms with Gasteiger partial charge in [0.05, 0.1) is 39.9 Å². The van der Waals surface area contributed by atoms with E-state index < -0.39 is 20.0 Å². The second-order valence-electron chi connectivity index (χ2n) is 25.6. The van der Waals surface area contributed by atoms with Crippen molar-refractivity contribution in [1.29, 1.82) is 0 Å². The largest absolute Gasteiger partial charge is 0.472 e. The normalized spacial score (nSPS) is 13.7. The molecular weight excluding hydrogens is 984 g/mol. The van der Waals surface area contributed by atoms with E-state index in [1.807, 2.05) is 27.2 Å². The minimum absolute atomic E-state index is 0.0655. The molecule has 3 unspecified atom stereocenters. The summed E-state index contributed by atoms with van der Waals surface area (Å²) in [5.74, 6) is -0.167. The molecule has 3 N–H and O–H groups in total. The summed E-state index contributed by atoms with van der Waals surface area (Å²) in [7, 11) is 1.60. The highest BCUT2D eigenvalue weighted by Crippen LogP contribution is 2.43. The minimum Gasteiger partial charge on any atom is -0.387 e. The average molecular weight is 1120 g/mol. The van der Waals surface area contributed by atoms with E-state index in [0.29, 0.717) is 17.4 Å². The molecule has 0 heterocycles. The molecule has 0 aliphatic heterocycles. The number of allylic oxidation sites excluding steroid dienone is 1. The first kappa shape index (κ1) is 77.2. The molecule has 3 atom stereocenters. The molecular formula is C69H140N2O6P+. The number of likely N-dealkylation sites (N-methyl/N-ethyl adjacent to an activating group) is 1. The van der Waals surface area contributed by atoms with Crippen molar-refractivity contribution in [3.8, 4) is 0 Å². The van der Waals surface area contributed by atoms with Crippen molar-refractivity contribution >= 4 is 13.7 Å². The van der Waals surface area contributed by atoms with Gasteiger partial charge in [-0.3, -0.25) is 13.8 Å². The second kappa shape index (κ2) is 60.8. The van der Waals surface area contributed by atoms with Gasteiger partial charge in [0.25, 0.3) is 0 Å². The molecule has 0 aliphatic carbocycles. The summed E-state index contributed by atoms with van der Waals surface area (Å²) >= 11 is 0. The molecule has 0 saturated carbocycles. The molecule has 9 heteroatoms. The Kier molecular flexibility index (Phi) is 60.2. The third-order valence-corrected chi connectivity index (χ3v) is 17.5. The quantitative estimate of drug-likeness (QED) is 0.0243. The van der Waals surface area contributed by atoms with Crippen LogP contribution in [-0.2, 0) is 18.4 Å². The Balaban J connectivity index is 4.00. The minimum atomic E-state index is -4.35. The summed E-state index contributed by atoms with van der Waals surface area (Å²) in [4.78, 5) is 23.4. The zero-order chi connectivity index (χ0) is 57.0. The highest BCUT2D eigenvalue weighted by Gasteiger charge is 2.28. The molecule has 0 aliphatic rings. The maximum atomic E-state index is 13.0. The van der Waals surface area contributed by atoms with E-state index in [2.05, 4.69) is 19.2 Å². The first-order valence-corrected chi connectivity index (χ1v) is 36.6. The third-order valence-electron chi connectivity index (χ3n) is 16.5. The highest BCUT2D eigenvalue weighted by molar-refractivity contribution is 7.47. The number of hydrogen-bond acceptors (Lipinski definition) is 5. The molecule has 0 aromatic carbocycles. The molecule has 466 valence electrons. The van der Waals surface area contributed by atoms with Crippen molar-refractivity contribution in [1.82, 2.24) is 5.32 Å². The van der Waals surface area contributed by atoms with Crippen LogP contribution in [0.5, 0.6) is 0 Å². The fraction of sp³-hybridized carbons (Fsp3) is 0.957. The van der Waals surface area contributed by atoms with Crippen LogP contribution in [-0.4, -0.2) is 73.4 Å². The van der Waals surface area contributed by atoms with Crippen LogP contribution in [0.1, 0.15) is 373 Å². The van der Waals surface area contributed by atoms with Crippen LogP contribution in [0, 0.1) is 0 Å². The summed E-state index contributed by atoms with van der Waals surface area (Å²) in [5.41, 5.74) is 0. The standard InChI is InChI=1S/C69H139N2O6P/c1-6-8-10-12-14-16-18-20-22-24-26-28-30-32-33-34-35-36-37-38-39-41-43-45-47-49-51-53-55-57-59-61-63-69(73)70-67(66-77-78(74,75)76-65-64-71(3,4)5)68(72)62-60-58-56-54-52-50-48-46-44-42-40-31-29-27-25-23-21-19-17-15-13-11-9-7-2/h60,62,67-68,72H,6-59,61,63-66H2,1-5H3,(H-,70,73,74,75)/p+1/b62-60+. The van der Waals surface area contributed by atoms with Gasteiger partial charge >= 0.3 is 7.82 Å². The number of phosphoric ester groups is 1. The van der Waals surface area contributed by atoms with Gasteiger partial charge in [-0.2, -0.15) is 0 Å². The van der Waals surface area contributed by atoms with Crippen molar-refractivity contribution in [3.05, 3.63) is 12.2 Å². The molecule has 0 fully saturated rings. The van der Waals surface area contributed by atoms with Crippen molar-refractivity contribution in [2.75, 3.05) is 40.9 Å². The van der Waals surface area contributed by atoms with Crippen molar-refractivity contribution < 1.29 is 32.9 Å². The molecule has 78 heavy (non-hydrogen) atoms. The predicted octanol–water partition coefficient (Wildman–Crippen LogP) is 22.1. The fourth-order valence-electron chi connectivity index (χ4n) is 11.0.